The number of nitrogens with two attached hydrogens (primary N) is 1. The molecule has 1 aliphatic heterocycles. The number of nitrogens with zero attached hydrogens (tertiary/aromatic N) is 1. The molecular formula is C8H18N2O3S. The Bertz CT molecular complexity index is 260. The van der Waals surface area contributed by atoms with E-state index in [2.05, 4.69) is 0 Å². The van der Waals surface area contributed by atoms with E-state index >= 15 is 0 Å². The first-order chi connectivity index (χ1) is 6.56. The van der Waals surface area contributed by atoms with Crippen LogP contribution in [0.1, 0.15) is 12.8 Å². The third-order valence-corrected chi connectivity index (χ3v) is 4.26. The molecule has 0 saturated carbocycles. The molecule has 1 atom stereocenters. The molecule has 0 radical (unpaired) electrons. The summed E-state index contributed by atoms with van der Waals surface area (Å²) in [4.78, 5) is 0. The lowest BCUT2D eigenvalue weighted by molar-refractivity contribution is 0.126. The topological polar surface area (TPSA) is 72.6 Å². The summed E-state index contributed by atoms with van der Waals surface area (Å²) in [7, 11) is -1.62. The molecule has 1 aliphatic rings. The van der Waals surface area contributed by atoms with Crippen molar-refractivity contribution >= 4 is 10.0 Å². The molecule has 84 valence electrons. The van der Waals surface area contributed by atoms with E-state index in [4.69, 9.17) is 10.5 Å². The van der Waals surface area contributed by atoms with E-state index in [9.17, 15) is 8.42 Å². The zero-order valence-electron chi connectivity index (χ0n) is 8.48. The summed E-state index contributed by atoms with van der Waals surface area (Å²) in [5.41, 5.74) is 5.30. The summed E-state index contributed by atoms with van der Waals surface area (Å²) >= 11 is 0. The fraction of sp³-hybridized carbons (Fsp3) is 1.00. The number of sulfonamides is 1. The second kappa shape index (κ2) is 5.06. The van der Waals surface area contributed by atoms with Gasteiger partial charge in [0.05, 0.1) is 11.9 Å². The van der Waals surface area contributed by atoms with Gasteiger partial charge in [-0.2, -0.15) is 0 Å². The zero-order valence-corrected chi connectivity index (χ0v) is 9.29. The molecule has 1 unspecified atom stereocenters. The van der Waals surface area contributed by atoms with Crippen molar-refractivity contribution in [3.8, 4) is 0 Å². The summed E-state index contributed by atoms with van der Waals surface area (Å²) in [6.45, 7) is 1.40. The van der Waals surface area contributed by atoms with Gasteiger partial charge in [-0.3, -0.25) is 0 Å². The molecule has 0 aromatic rings. The van der Waals surface area contributed by atoms with E-state index < -0.39 is 10.0 Å². The second-order valence-corrected chi connectivity index (χ2v) is 5.64. The van der Waals surface area contributed by atoms with Crippen molar-refractivity contribution in [2.45, 2.75) is 18.9 Å². The third-order valence-electron chi connectivity index (χ3n) is 2.34. The van der Waals surface area contributed by atoms with Gasteiger partial charge in [0, 0.05) is 26.7 Å². The van der Waals surface area contributed by atoms with Crippen LogP contribution in [0.4, 0.5) is 0 Å². The predicted molar refractivity (Wildman–Crippen MR) is 54.4 cm³/mol. The van der Waals surface area contributed by atoms with E-state index in [-0.39, 0.29) is 11.9 Å². The largest absolute Gasteiger partial charge is 0.377 e. The first-order valence-corrected chi connectivity index (χ1v) is 6.43. The second-order valence-electron chi connectivity index (χ2n) is 3.52. The van der Waals surface area contributed by atoms with Crippen molar-refractivity contribution < 1.29 is 13.2 Å². The maximum Gasteiger partial charge on any atom is 0.216 e. The van der Waals surface area contributed by atoms with Gasteiger partial charge in [-0.25, -0.2) is 12.7 Å². The van der Waals surface area contributed by atoms with E-state index in [1.807, 2.05) is 0 Å². The van der Waals surface area contributed by atoms with Gasteiger partial charge in [-0.05, 0) is 12.8 Å². The lowest BCUT2D eigenvalue weighted by Gasteiger charge is -2.18. The lowest BCUT2D eigenvalue weighted by Crippen LogP contribution is -2.36. The average Bonchev–Trinajstić information content (AvgIpc) is 2.56. The summed E-state index contributed by atoms with van der Waals surface area (Å²) in [5.74, 6) is 0.0868. The molecule has 1 rings (SSSR count). The first-order valence-electron chi connectivity index (χ1n) is 4.82. The highest BCUT2D eigenvalue weighted by molar-refractivity contribution is 7.89. The third kappa shape index (κ3) is 3.20. The van der Waals surface area contributed by atoms with Crippen molar-refractivity contribution in [1.29, 1.82) is 0 Å². The van der Waals surface area contributed by atoms with Gasteiger partial charge in [-0.1, -0.05) is 0 Å². The monoisotopic (exact) mass is 222 g/mol. The van der Waals surface area contributed by atoms with Gasteiger partial charge in [0.2, 0.25) is 10.0 Å². The van der Waals surface area contributed by atoms with Crippen LogP contribution in [0.25, 0.3) is 0 Å². The number of hydrogen-bond donors (Lipinski definition) is 1. The Labute approximate surface area is 85.3 Å². The molecule has 14 heavy (non-hydrogen) atoms. The standard InChI is InChI=1S/C8H18N2O3S/c1-10(5-4-9)14(11,12)7-8-3-2-6-13-8/h8H,2-7,9H2,1H3. The van der Waals surface area contributed by atoms with Crippen LogP contribution in [0, 0.1) is 0 Å². The minimum absolute atomic E-state index is 0.0868. The van der Waals surface area contributed by atoms with Crippen LogP contribution >= 0.6 is 0 Å². The first kappa shape index (κ1) is 11.9. The van der Waals surface area contributed by atoms with Crippen LogP contribution in [0.2, 0.25) is 0 Å². The molecule has 0 aliphatic carbocycles. The molecule has 6 heteroatoms. The molecule has 5 nitrogen and oxygen atoms in total. The normalized spacial score (nSPS) is 23.2. The fourth-order valence-corrected chi connectivity index (χ4v) is 2.83. The Kier molecular flexibility index (Phi) is 4.31. The molecule has 0 amide bonds. The Morgan fingerprint density at radius 3 is 2.79 bits per heavy atom. The van der Waals surface area contributed by atoms with Crippen LogP contribution in [0.5, 0.6) is 0 Å². The zero-order chi connectivity index (χ0) is 10.6. The summed E-state index contributed by atoms with van der Waals surface area (Å²) in [6.07, 6.45) is 1.68. The van der Waals surface area contributed by atoms with Crippen molar-refractivity contribution in [3.05, 3.63) is 0 Å². The number of rotatable bonds is 5. The summed E-state index contributed by atoms with van der Waals surface area (Å²) < 4.78 is 29.9. The molecule has 0 bridgehead atoms. The van der Waals surface area contributed by atoms with E-state index in [0.29, 0.717) is 19.7 Å². The highest BCUT2D eigenvalue weighted by atomic mass is 32.2. The molecule has 0 aromatic heterocycles. The molecule has 0 spiro atoms. The fourth-order valence-electron chi connectivity index (χ4n) is 1.46. The maximum absolute atomic E-state index is 11.7. The van der Waals surface area contributed by atoms with Gasteiger partial charge in [0.25, 0.3) is 0 Å². The number of likely N-dealkylation sites (N-methyl/N-ethyl adjacent to an activating group) is 1. The van der Waals surface area contributed by atoms with E-state index in [1.54, 1.807) is 7.05 Å². The summed E-state index contributed by atoms with van der Waals surface area (Å²) in [6, 6.07) is 0. The smallest absolute Gasteiger partial charge is 0.216 e. The van der Waals surface area contributed by atoms with Gasteiger partial charge < -0.3 is 10.5 Å². The number of hydrogen-bond acceptors (Lipinski definition) is 4. The van der Waals surface area contributed by atoms with Crippen molar-refractivity contribution in [3.63, 3.8) is 0 Å². The summed E-state index contributed by atoms with van der Waals surface area (Å²) in [5, 5.41) is 0. The molecule has 1 saturated heterocycles. The molecule has 2 N–H and O–H groups in total. The van der Waals surface area contributed by atoms with Crippen LogP contribution < -0.4 is 5.73 Å². The van der Waals surface area contributed by atoms with Crippen LogP contribution in [0.3, 0.4) is 0 Å². The van der Waals surface area contributed by atoms with Crippen molar-refractivity contribution in [2.24, 2.45) is 5.73 Å². The minimum Gasteiger partial charge on any atom is -0.377 e. The van der Waals surface area contributed by atoms with Crippen molar-refractivity contribution in [1.82, 2.24) is 4.31 Å². The Morgan fingerprint density at radius 1 is 1.57 bits per heavy atom. The lowest BCUT2D eigenvalue weighted by atomic mass is 10.3. The highest BCUT2D eigenvalue weighted by Crippen LogP contribution is 2.15. The van der Waals surface area contributed by atoms with Crippen LogP contribution in [-0.2, 0) is 14.8 Å². The van der Waals surface area contributed by atoms with E-state index in [1.165, 1.54) is 4.31 Å². The Hall–Kier alpha value is -0.170. The minimum atomic E-state index is -3.18. The maximum atomic E-state index is 11.7. The van der Waals surface area contributed by atoms with Gasteiger partial charge in [0.1, 0.15) is 0 Å². The van der Waals surface area contributed by atoms with Gasteiger partial charge in [-0.15, -0.1) is 0 Å². The average molecular weight is 222 g/mol. The quantitative estimate of drug-likeness (QED) is 0.673. The molecule has 0 aromatic carbocycles. The van der Waals surface area contributed by atoms with E-state index in [0.717, 1.165) is 12.8 Å². The molecular weight excluding hydrogens is 204 g/mol. The predicted octanol–water partition coefficient (Wildman–Crippen LogP) is -0.614. The van der Waals surface area contributed by atoms with Gasteiger partial charge >= 0.3 is 0 Å². The van der Waals surface area contributed by atoms with Crippen LogP contribution in [0.15, 0.2) is 0 Å². The highest BCUT2D eigenvalue weighted by Gasteiger charge is 2.25. The van der Waals surface area contributed by atoms with Crippen molar-refractivity contribution in [2.75, 3.05) is 32.5 Å². The van der Waals surface area contributed by atoms with Crippen LogP contribution in [-0.4, -0.2) is 51.3 Å². The molecule has 1 fully saturated rings. The van der Waals surface area contributed by atoms with Gasteiger partial charge in [0.15, 0.2) is 0 Å². The number of ether oxygens (including phenoxy) is 1. The molecule has 1 heterocycles. The Balaban J connectivity index is 2.47. The Morgan fingerprint density at radius 2 is 2.29 bits per heavy atom. The SMILES string of the molecule is CN(CCN)S(=O)(=O)CC1CCCO1.